The topological polar surface area (TPSA) is 29.5 Å². The number of likely N-dealkylation sites (N-methyl/N-ethyl adjacent to an activating group) is 1. The molecule has 0 saturated carbocycles. The summed E-state index contributed by atoms with van der Waals surface area (Å²) < 4.78 is 5.78. The molecule has 3 nitrogen and oxygen atoms in total. The van der Waals surface area contributed by atoms with Crippen LogP contribution in [0.2, 0.25) is 0 Å². The largest absolute Gasteiger partial charge is 0.480 e. The van der Waals surface area contributed by atoms with Gasteiger partial charge in [0.15, 0.2) is 6.10 Å². The second kappa shape index (κ2) is 4.16. The minimum absolute atomic E-state index is 0.0842. The van der Waals surface area contributed by atoms with Crippen molar-refractivity contribution in [3.63, 3.8) is 0 Å². The predicted octanol–water partition coefficient (Wildman–Crippen LogP) is 1.91. The quantitative estimate of drug-likeness (QED) is 0.760. The van der Waals surface area contributed by atoms with Gasteiger partial charge < -0.3 is 9.64 Å². The minimum atomic E-state index is -0.300. The van der Waals surface area contributed by atoms with E-state index in [4.69, 9.17) is 4.74 Å². The molecular formula is C13H17NO2. The molecule has 2 rings (SSSR count). The number of likely N-dealkylation sites (tertiary alicyclic amines) is 1. The Labute approximate surface area is 96.0 Å². The van der Waals surface area contributed by atoms with Crippen LogP contribution in [0.25, 0.3) is 0 Å². The van der Waals surface area contributed by atoms with E-state index in [0.717, 1.165) is 24.3 Å². The second-order valence-corrected chi connectivity index (χ2v) is 4.35. The number of rotatable bonds is 2. The monoisotopic (exact) mass is 219 g/mol. The van der Waals surface area contributed by atoms with Crippen LogP contribution in [0.15, 0.2) is 18.2 Å². The molecule has 1 aliphatic rings. The number of hydrogen-bond donors (Lipinski definition) is 0. The highest BCUT2D eigenvalue weighted by atomic mass is 16.5. The predicted molar refractivity (Wildman–Crippen MR) is 62.6 cm³/mol. The van der Waals surface area contributed by atoms with Crippen molar-refractivity contribution in [1.82, 2.24) is 4.90 Å². The van der Waals surface area contributed by atoms with Crippen LogP contribution >= 0.6 is 0 Å². The van der Waals surface area contributed by atoms with Gasteiger partial charge in [-0.1, -0.05) is 12.1 Å². The summed E-state index contributed by atoms with van der Waals surface area (Å²) in [5, 5.41) is 0. The van der Waals surface area contributed by atoms with E-state index in [1.165, 1.54) is 5.56 Å². The van der Waals surface area contributed by atoms with Crippen molar-refractivity contribution in [2.45, 2.75) is 26.4 Å². The summed E-state index contributed by atoms with van der Waals surface area (Å²) >= 11 is 0. The normalized spacial score (nSPS) is 20.3. The molecule has 86 valence electrons. The molecule has 0 spiro atoms. The molecule has 1 heterocycles. The fraction of sp³-hybridized carbons (Fsp3) is 0.462. The average molecular weight is 219 g/mol. The Bertz CT molecular complexity index is 414. The maximum absolute atomic E-state index is 11.7. The Morgan fingerprint density at radius 2 is 2.12 bits per heavy atom. The van der Waals surface area contributed by atoms with Gasteiger partial charge in [-0.05, 0) is 31.0 Å². The van der Waals surface area contributed by atoms with E-state index in [1.54, 1.807) is 4.90 Å². The fourth-order valence-electron chi connectivity index (χ4n) is 1.90. The number of aryl methyl sites for hydroxylation is 1. The van der Waals surface area contributed by atoms with Gasteiger partial charge in [-0.2, -0.15) is 0 Å². The summed E-state index contributed by atoms with van der Waals surface area (Å²) in [6.07, 6.45) is 0.480. The Morgan fingerprint density at radius 1 is 1.38 bits per heavy atom. The second-order valence-electron chi connectivity index (χ2n) is 4.35. The van der Waals surface area contributed by atoms with Gasteiger partial charge >= 0.3 is 0 Å². The van der Waals surface area contributed by atoms with E-state index in [9.17, 15) is 4.79 Å². The van der Waals surface area contributed by atoms with Crippen LogP contribution in [0.1, 0.15) is 17.5 Å². The molecule has 1 aliphatic heterocycles. The van der Waals surface area contributed by atoms with Crippen LogP contribution in [0.3, 0.4) is 0 Å². The van der Waals surface area contributed by atoms with Crippen LogP contribution in [-0.4, -0.2) is 30.5 Å². The molecule has 0 N–H and O–H groups in total. The van der Waals surface area contributed by atoms with E-state index < -0.39 is 0 Å². The van der Waals surface area contributed by atoms with Gasteiger partial charge in [0.1, 0.15) is 5.75 Å². The molecule has 16 heavy (non-hydrogen) atoms. The van der Waals surface area contributed by atoms with Gasteiger partial charge in [0.2, 0.25) is 0 Å². The molecule has 0 radical (unpaired) electrons. The maximum atomic E-state index is 11.7. The molecule has 3 heteroatoms. The van der Waals surface area contributed by atoms with Crippen molar-refractivity contribution in [3.8, 4) is 5.75 Å². The molecule has 0 aromatic heterocycles. The summed E-state index contributed by atoms with van der Waals surface area (Å²) in [6.45, 7) is 4.85. The fourth-order valence-corrected chi connectivity index (χ4v) is 1.90. The first-order valence-electron chi connectivity index (χ1n) is 5.57. The van der Waals surface area contributed by atoms with E-state index in [1.807, 2.05) is 39.1 Å². The van der Waals surface area contributed by atoms with Crippen LogP contribution in [0.5, 0.6) is 5.75 Å². The third-order valence-electron chi connectivity index (χ3n) is 3.20. The average Bonchev–Trinajstić information content (AvgIpc) is 2.57. The highest BCUT2D eigenvalue weighted by Crippen LogP contribution is 2.24. The van der Waals surface area contributed by atoms with Crippen LogP contribution in [-0.2, 0) is 4.79 Å². The first-order chi connectivity index (χ1) is 7.59. The lowest BCUT2D eigenvalue weighted by Crippen LogP contribution is -2.29. The van der Waals surface area contributed by atoms with Gasteiger partial charge in [-0.15, -0.1) is 0 Å². The van der Waals surface area contributed by atoms with Crippen LogP contribution < -0.4 is 4.74 Å². The van der Waals surface area contributed by atoms with Crippen molar-refractivity contribution in [3.05, 3.63) is 29.3 Å². The van der Waals surface area contributed by atoms with E-state index >= 15 is 0 Å². The highest BCUT2D eigenvalue weighted by molar-refractivity contribution is 5.83. The first-order valence-corrected chi connectivity index (χ1v) is 5.57. The Morgan fingerprint density at radius 3 is 2.75 bits per heavy atom. The molecule has 1 aromatic rings. The number of carbonyl (C=O) groups excluding carboxylic acids is 1. The van der Waals surface area contributed by atoms with Crippen molar-refractivity contribution >= 4 is 5.91 Å². The number of amides is 1. The SMILES string of the molecule is Cc1cccc(OC2CCN(C)C2=O)c1C. The summed E-state index contributed by atoms with van der Waals surface area (Å²) in [4.78, 5) is 13.4. The third-order valence-corrected chi connectivity index (χ3v) is 3.20. The van der Waals surface area contributed by atoms with E-state index in [2.05, 4.69) is 0 Å². The molecule has 1 atom stereocenters. The Balaban J connectivity index is 2.16. The zero-order valence-electron chi connectivity index (χ0n) is 9.99. The lowest BCUT2D eigenvalue weighted by molar-refractivity contribution is -0.132. The smallest absolute Gasteiger partial charge is 0.263 e. The van der Waals surface area contributed by atoms with Crippen molar-refractivity contribution in [1.29, 1.82) is 0 Å². The molecule has 0 bridgehead atoms. The molecule has 1 aromatic carbocycles. The maximum Gasteiger partial charge on any atom is 0.263 e. The van der Waals surface area contributed by atoms with Gasteiger partial charge in [-0.3, -0.25) is 4.79 Å². The zero-order chi connectivity index (χ0) is 11.7. The molecule has 1 fully saturated rings. The molecule has 1 amide bonds. The number of carbonyl (C=O) groups is 1. The number of benzene rings is 1. The third kappa shape index (κ3) is 1.90. The van der Waals surface area contributed by atoms with Gasteiger partial charge in [0.05, 0.1) is 0 Å². The summed E-state index contributed by atoms with van der Waals surface area (Å²) in [5.41, 5.74) is 2.31. The van der Waals surface area contributed by atoms with Gasteiger partial charge in [0, 0.05) is 20.0 Å². The van der Waals surface area contributed by atoms with Gasteiger partial charge in [-0.25, -0.2) is 0 Å². The first kappa shape index (κ1) is 11.0. The zero-order valence-corrected chi connectivity index (χ0v) is 9.99. The molecule has 1 unspecified atom stereocenters. The van der Waals surface area contributed by atoms with Crippen LogP contribution in [0, 0.1) is 13.8 Å². The van der Waals surface area contributed by atoms with E-state index in [0.29, 0.717) is 0 Å². The highest BCUT2D eigenvalue weighted by Gasteiger charge is 2.31. The van der Waals surface area contributed by atoms with E-state index in [-0.39, 0.29) is 12.0 Å². The number of hydrogen-bond acceptors (Lipinski definition) is 2. The number of nitrogens with zero attached hydrogens (tertiary/aromatic N) is 1. The van der Waals surface area contributed by atoms with Crippen molar-refractivity contribution < 1.29 is 9.53 Å². The summed E-state index contributed by atoms with van der Waals surface area (Å²) in [7, 11) is 1.81. The standard InChI is InChI=1S/C13H17NO2/c1-9-5-4-6-11(10(9)2)16-12-7-8-14(3)13(12)15/h4-6,12H,7-8H2,1-3H3. The lowest BCUT2D eigenvalue weighted by atomic mass is 10.1. The lowest BCUT2D eigenvalue weighted by Gasteiger charge is -2.15. The Kier molecular flexibility index (Phi) is 2.86. The molecule has 0 aliphatic carbocycles. The summed E-state index contributed by atoms with van der Waals surface area (Å²) in [5.74, 6) is 0.912. The molecule has 1 saturated heterocycles. The minimum Gasteiger partial charge on any atom is -0.480 e. The molecular weight excluding hydrogens is 202 g/mol. The summed E-state index contributed by atoms with van der Waals surface area (Å²) in [6, 6.07) is 5.93. The van der Waals surface area contributed by atoms with Crippen molar-refractivity contribution in [2.24, 2.45) is 0 Å². The Hall–Kier alpha value is -1.51. The van der Waals surface area contributed by atoms with Gasteiger partial charge in [0.25, 0.3) is 5.91 Å². The van der Waals surface area contributed by atoms with Crippen molar-refractivity contribution in [2.75, 3.05) is 13.6 Å². The van der Waals surface area contributed by atoms with Crippen LogP contribution in [0.4, 0.5) is 0 Å². The number of ether oxygens (including phenoxy) is 1.